The van der Waals surface area contributed by atoms with E-state index in [9.17, 15) is 0 Å². The summed E-state index contributed by atoms with van der Waals surface area (Å²) in [5.41, 5.74) is 2.98. The van der Waals surface area contributed by atoms with E-state index in [0.717, 1.165) is 24.4 Å². The lowest BCUT2D eigenvalue weighted by atomic mass is 10.1. The minimum Gasteiger partial charge on any atom is -0.371 e. The lowest BCUT2D eigenvalue weighted by molar-refractivity contribution is 0.416. The molecular formula is C18H26N2. The molecule has 1 saturated heterocycles. The van der Waals surface area contributed by atoms with Crippen LogP contribution in [0.15, 0.2) is 24.3 Å². The Morgan fingerprint density at radius 1 is 1.00 bits per heavy atom. The van der Waals surface area contributed by atoms with Crippen LogP contribution in [-0.4, -0.2) is 19.1 Å². The maximum Gasteiger partial charge on any atom is 0.0411 e. The Kier molecular flexibility index (Phi) is 3.43. The molecule has 1 N–H and O–H groups in total. The third kappa shape index (κ3) is 2.71. The number of hydrogen-bond acceptors (Lipinski definition) is 2. The van der Waals surface area contributed by atoms with Crippen molar-refractivity contribution in [2.24, 2.45) is 11.8 Å². The summed E-state index contributed by atoms with van der Waals surface area (Å²) >= 11 is 0. The summed E-state index contributed by atoms with van der Waals surface area (Å²) < 4.78 is 0. The molecule has 2 saturated carbocycles. The van der Waals surface area contributed by atoms with Gasteiger partial charge in [-0.15, -0.1) is 0 Å². The second kappa shape index (κ2) is 5.40. The predicted octanol–water partition coefficient (Wildman–Crippen LogP) is 3.57. The van der Waals surface area contributed by atoms with E-state index in [1.165, 1.54) is 62.9 Å². The molecule has 2 heteroatoms. The lowest BCUT2D eigenvalue weighted by Gasteiger charge is -2.23. The summed E-state index contributed by atoms with van der Waals surface area (Å²) in [6, 6.07) is 9.82. The SMILES string of the molecule is c1ccc(N2CCCC2)c(CNC(C2CC2)C2CC2)c1. The molecule has 0 atom stereocenters. The molecule has 1 heterocycles. The minimum absolute atomic E-state index is 0.807. The molecular weight excluding hydrogens is 244 g/mol. The zero-order valence-corrected chi connectivity index (χ0v) is 12.4. The minimum atomic E-state index is 0.807. The summed E-state index contributed by atoms with van der Waals surface area (Å²) in [6.45, 7) is 3.54. The fourth-order valence-corrected chi connectivity index (χ4v) is 3.78. The lowest BCUT2D eigenvalue weighted by Crippen LogP contribution is -2.33. The van der Waals surface area contributed by atoms with Gasteiger partial charge in [-0.3, -0.25) is 0 Å². The number of benzene rings is 1. The average Bonchev–Trinajstić information content (AvgIpc) is 3.41. The predicted molar refractivity (Wildman–Crippen MR) is 84.0 cm³/mol. The van der Waals surface area contributed by atoms with Gasteiger partial charge in [-0.05, 0) is 62.0 Å². The second-order valence-corrected chi connectivity index (χ2v) is 6.90. The van der Waals surface area contributed by atoms with E-state index in [-0.39, 0.29) is 0 Å². The van der Waals surface area contributed by atoms with Crippen molar-refractivity contribution in [3.05, 3.63) is 29.8 Å². The van der Waals surface area contributed by atoms with Crippen molar-refractivity contribution >= 4 is 5.69 Å². The summed E-state index contributed by atoms with van der Waals surface area (Å²) in [6.07, 6.45) is 8.55. The Morgan fingerprint density at radius 3 is 2.30 bits per heavy atom. The average molecular weight is 270 g/mol. The van der Waals surface area contributed by atoms with Crippen LogP contribution in [-0.2, 0) is 6.54 Å². The summed E-state index contributed by atoms with van der Waals surface area (Å²) in [4.78, 5) is 2.57. The highest BCUT2D eigenvalue weighted by molar-refractivity contribution is 5.54. The van der Waals surface area contributed by atoms with Crippen LogP contribution in [0.1, 0.15) is 44.1 Å². The summed E-state index contributed by atoms with van der Waals surface area (Å²) in [5, 5.41) is 3.90. The number of hydrogen-bond donors (Lipinski definition) is 1. The van der Waals surface area contributed by atoms with Crippen LogP contribution in [0.25, 0.3) is 0 Å². The van der Waals surface area contributed by atoms with Gasteiger partial charge in [0.05, 0.1) is 0 Å². The fourth-order valence-electron chi connectivity index (χ4n) is 3.78. The fraction of sp³-hybridized carbons (Fsp3) is 0.667. The number of nitrogens with one attached hydrogen (secondary N) is 1. The van der Waals surface area contributed by atoms with Crippen LogP contribution >= 0.6 is 0 Å². The first-order chi connectivity index (χ1) is 9.92. The highest BCUT2D eigenvalue weighted by Crippen LogP contribution is 2.44. The molecule has 20 heavy (non-hydrogen) atoms. The third-order valence-electron chi connectivity index (χ3n) is 5.23. The first kappa shape index (κ1) is 12.7. The number of nitrogens with zero attached hydrogens (tertiary/aromatic N) is 1. The molecule has 0 amide bonds. The largest absolute Gasteiger partial charge is 0.371 e. The quantitative estimate of drug-likeness (QED) is 0.850. The van der Waals surface area contributed by atoms with E-state index < -0.39 is 0 Å². The summed E-state index contributed by atoms with van der Waals surface area (Å²) in [5.74, 6) is 1.97. The molecule has 1 aromatic carbocycles. The van der Waals surface area contributed by atoms with Crippen LogP contribution in [0.5, 0.6) is 0 Å². The van der Waals surface area contributed by atoms with Crippen molar-refractivity contribution in [2.45, 2.75) is 51.1 Å². The normalized spacial score (nSPS) is 22.8. The molecule has 0 unspecified atom stereocenters. The topological polar surface area (TPSA) is 15.3 Å². The Bertz CT molecular complexity index is 444. The highest BCUT2D eigenvalue weighted by Gasteiger charge is 2.41. The van der Waals surface area contributed by atoms with Crippen LogP contribution in [0.4, 0.5) is 5.69 Å². The third-order valence-corrected chi connectivity index (χ3v) is 5.23. The number of para-hydroxylation sites is 1. The van der Waals surface area contributed by atoms with Gasteiger partial charge in [0.15, 0.2) is 0 Å². The molecule has 2 aliphatic carbocycles. The zero-order chi connectivity index (χ0) is 13.4. The Balaban J connectivity index is 1.44. The van der Waals surface area contributed by atoms with Gasteiger partial charge in [0.1, 0.15) is 0 Å². The molecule has 1 aromatic rings. The molecule has 0 bridgehead atoms. The molecule has 4 rings (SSSR count). The van der Waals surface area contributed by atoms with Gasteiger partial charge in [0, 0.05) is 31.4 Å². The molecule has 0 radical (unpaired) electrons. The Labute approximate surface area is 122 Å². The first-order valence-corrected chi connectivity index (χ1v) is 8.48. The van der Waals surface area contributed by atoms with Gasteiger partial charge in [-0.2, -0.15) is 0 Å². The standard InChI is InChI=1S/C18H26N2/c1-2-6-17(20-11-3-4-12-20)16(5-1)13-19-18(14-7-8-14)15-9-10-15/h1-2,5-6,14-15,18-19H,3-4,7-13H2. The van der Waals surface area contributed by atoms with E-state index in [0.29, 0.717) is 0 Å². The molecule has 0 aromatic heterocycles. The van der Waals surface area contributed by atoms with Crippen LogP contribution in [0.2, 0.25) is 0 Å². The van der Waals surface area contributed by atoms with Crippen molar-refractivity contribution in [2.75, 3.05) is 18.0 Å². The van der Waals surface area contributed by atoms with Crippen molar-refractivity contribution in [1.29, 1.82) is 0 Å². The van der Waals surface area contributed by atoms with Crippen LogP contribution in [0.3, 0.4) is 0 Å². The van der Waals surface area contributed by atoms with Gasteiger partial charge in [-0.1, -0.05) is 18.2 Å². The van der Waals surface area contributed by atoms with Crippen molar-refractivity contribution in [3.8, 4) is 0 Å². The zero-order valence-electron chi connectivity index (χ0n) is 12.4. The van der Waals surface area contributed by atoms with Crippen molar-refractivity contribution < 1.29 is 0 Å². The highest BCUT2D eigenvalue weighted by atomic mass is 15.1. The van der Waals surface area contributed by atoms with Crippen LogP contribution < -0.4 is 10.2 Å². The molecule has 3 aliphatic rings. The van der Waals surface area contributed by atoms with Crippen LogP contribution in [0, 0.1) is 11.8 Å². The molecule has 108 valence electrons. The van der Waals surface area contributed by atoms with E-state index in [1.807, 2.05) is 0 Å². The maximum absolute atomic E-state index is 3.90. The van der Waals surface area contributed by atoms with Crippen molar-refractivity contribution in [3.63, 3.8) is 0 Å². The monoisotopic (exact) mass is 270 g/mol. The Hall–Kier alpha value is -1.02. The smallest absolute Gasteiger partial charge is 0.0411 e. The van der Waals surface area contributed by atoms with Gasteiger partial charge >= 0.3 is 0 Å². The van der Waals surface area contributed by atoms with E-state index in [4.69, 9.17) is 0 Å². The number of anilines is 1. The van der Waals surface area contributed by atoms with Gasteiger partial charge < -0.3 is 10.2 Å². The second-order valence-electron chi connectivity index (χ2n) is 6.90. The van der Waals surface area contributed by atoms with Gasteiger partial charge in [0.2, 0.25) is 0 Å². The first-order valence-electron chi connectivity index (χ1n) is 8.48. The summed E-state index contributed by atoms with van der Waals surface area (Å²) in [7, 11) is 0. The number of rotatable bonds is 6. The maximum atomic E-state index is 3.90. The van der Waals surface area contributed by atoms with Gasteiger partial charge in [-0.25, -0.2) is 0 Å². The Morgan fingerprint density at radius 2 is 1.65 bits per heavy atom. The molecule has 3 fully saturated rings. The molecule has 0 spiro atoms. The van der Waals surface area contributed by atoms with E-state index >= 15 is 0 Å². The van der Waals surface area contributed by atoms with E-state index in [1.54, 1.807) is 0 Å². The molecule has 2 nitrogen and oxygen atoms in total. The van der Waals surface area contributed by atoms with E-state index in [2.05, 4.69) is 34.5 Å². The molecule has 1 aliphatic heterocycles. The van der Waals surface area contributed by atoms with Crippen molar-refractivity contribution in [1.82, 2.24) is 5.32 Å². The van der Waals surface area contributed by atoms with Gasteiger partial charge in [0.25, 0.3) is 0 Å².